The molecule has 0 aliphatic carbocycles. The van der Waals surface area contributed by atoms with Crippen molar-refractivity contribution in [1.82, 2.24) is 24.5 Å². The summed E-state index contributed by atoms with van der Waals surface area (Å²) in [6.07, 6.45) is 0. The van der Waals surface area contributed by atoms with Crippen LogP contribution in [-0.2, 0) is 0 Å². The lowest BCUT2D eigenvalue weighted by molar-refractivity contribution is -0.00805. The highest BCUT2D eigenvalue weighted by Gasteiger charge is 2.25. The molecule has 0 atom stereocenters. The van der Waals surface area contributed by atoms with Crippen LogP contribution in [0.4, 0.5) is 0 Å². The molecule has 0 aromatic carbocycles. The van der Waals surface area contributed by atoms with Crippen LogP contribution in [0.1, 0.15) is 69.2 Å². The zero-order valence-corrected chi connectivity index (χ0v) is 20.1. The molecular weight excluding hydrogens is 334 g/mol. The van der Waals surface area contributed by atoms with Gasteiger partial charge in [-0.05, 0) is 69.2 Å². The molecule has 1 aliphatic heterocycles. The van der Waals surface area contributed by atoms with E-state index < -0.39 is 0 Å². The third kappa shape index (κ3) is 8.36. The quantitative estimate of drug-likeness (QED) is 0.507. The average Bonchev–Trinajstić information content (AvgIpc) is 2.55. The molecule has 27 heavy (non-hydrogen) atoms. The standard InChI is InChI=1S/C22H49N5/c1-18(2)25(17-27(21(7)8)22(9)10)15-23-11-13-24(14-12-23)16-26(19(3)4)20(5)6/h18-22H,11-17H2,1-10H3. The highest BCUT2D eigenvalue weighted by molar-refractivity contribution is 4.77. The van der Waals surface area contributed by atoms with Gasteiger partial charge >= 0.3 is 0 Å². The minimum Gasteiger partial charge on any atom is -0.288 e. The third-order valence-corrected chi connectivity index (χ3v) is 5.94. The van der Waals surface area contributed by atoms with Gasteiger partial charge in [-0.1, -0.05) is 0 Å². The Morgan fingerprint density at radius 1 is 0.519 bits per heavy atom. The predicted molar refractivity (Wildman–Crippen MR) is 119 cm³/mol. The second kappa shape index (κ2) is 11.7. The van der Waals surface area contributed by atoms with Crippen molar-refractivity contribution in [3.8, 4) is 0 Å². The predicted octanol–water partition coefficient (Wildman–Crippen LogP) is 3.42. The highest BCUT2D eigenvalue weighted by atomic mass is 15.4. The number of hydrogen-bond donors (Lipinski definition) is 0. The van der Waals surface area contributed by atoms with E-state index in [4.69, 9.17) is 0 Å². The van der Waals surface area contributed by atoms with Crippen LogP contribution in [0.25, 0.3) is 0 Å². The summed E-state index contributed by atoms with van der Waals surface area (Å²) >= 11 is 0. The van der Waals surface area contributed by atoms with Gasteiger partial charge in [-0.15, -0.1) is 0 Å². The van der Waals surface area contributed by atoms with Crippen molar-refractivity contribution in [2.45, 2.75) is 99.4 Å². The molecule has 1 heterocycles. The van der Waals surface area contributed by atoms with E-state index >= 15 is 0 Å². The Labute approximate surface area is 170 Å². The topological polar surface area (TPSA) is 16.2 Å². The molecule has 0 bridgehead atoms. The Hall–Kier alpha value is -0.200. The van der Waals surface area contributed by atoms with Crippen LogP contribution < -0.4 is 0 Å². The molecule has 0 spiro atoms. The molecule has 162 valence electrons. The SMILES string of the molecule is CC(C)N(CN1CCN(CN(C(C)C)C(C)C)CC1)CN(C(C)C)C(C)C. The highest BCUT2D eigenvalue weighted by Crippen LogP contribution is 2.13. The van der Waals surface area contributed by atoms with Crippen LogP contribution in [0.2, 0.25) is 0 Å². The van der Waals surface area contributed by atoms with Crippen LogP contribution in [0.15, 0.2) is 0 Å². The van der Waals surface area contributed by atoms with Crippen LogP contribution >= 0.6 is 0 Å². The first-order valence-electron chi connectivity index (χ1n) is 11.2. The molecule has 5 heteroatoms. The largest absolute Gasteiger partial charge is 0.288 e. The Bertz CT molecular complexity index is 370. The normalized spacial score (nSPS) is 18.0. The number of hydrogen-bond acceptors (Lipinski definition) is 5. The van der Waals surface area contributed by atoms with Gasteiger partial charge < -0.3 is 0 Å². The first-order valence-corrected chi connectivity index (χ1v) is 11.2. The van der Waals surface area contributed by atoms with Gasteiger partial charge in [-0.25, -0.2) is 0 Å². The summed E-state index contributed by atoms with van der Waals surface area (Å²) in [4.78, 5) is 13.1. The zero-order chi connectivity index (χ0) is 20.7. The van der Waals surface area contributed by atoms with E-state index in [0.29, 0.717) is 30.2 Å². The van der Waals surface area contributed by atoms with E-state index in [-0.39, 0.29) is 0 Å². The summed E-state index contributed by atoms with van der Waals surface area (Å²) in [7, 11) is 0. The maximum atomic E-state index is 2.64. The Balaban J connectivity index is 2.55. The molecule has 0 aromatic rings. The molecule has 1 aliphatic rings. The van der Waals surface area contributed by atoms with Gasteiger partial charge in [0.25, 0.3) is 0 Å². The fourth-order valence-electron chi connectivity index (χ4n) is 3.99. The van der Waals surface area contributed by atoms with E-state index in [1.54, 1.807) is 0 Å². The van der Waals surface area contributed by atoms with Crippen molar-refractivity contribution in [1.29, 1.82) is 0 Å². The molecule has 0 radical (unpaired) electrons. The molecule has 0 aromatic heterocycles. The molecule has 0 saturated carbocycles. The lowest BCUT2D eigenvalue weighted by Crippen LogP contribution is -2.56. The number of rotatable bonds is 11. The Kier molecular flexibility index (Phi) is 10.8. The van der Waals surface area contributed by atoms with E-state index in [1.165, 1.54) is 26.2 Å². The molecule has 0 unspecified atom stereocenters. The molecule has 1 rings (SSSR count). The van der Waals surface area contributed by atoms with Gasteiger partial charge in [0.2, 0.25) is 0 Å². The minimum absolute atomic E-state index is 0.570. The van der Waals surface area contributed by atoms with Gasteiger partial charge in [-0.3, -0.25) is 24.5 Å². The van der Waals surface area contributed by atoms with Crippen molar-refractivity contribution >= 4 is 0 Å². The summed E-state index contributed by atoms with van der Waals surface area (Å²) in [5.41, 5.74) is 0. The van der Waals surface area contributed by atoms with Crippen molar-refractivity contribution in [3.63, 3.8) is 0 Å². The number of nitrogens with zero attached hydrogens (tertiary/aromatic N) is 5. The molecule has 0 amide bonds. The fraction of sp³-hybridized carbons (Fsp3) is 1.00. The summed E-state index contributed by atoms with van der Waals surface area (Å²) in [5, 5.41) is 0. The second-order valence-electron chi connectivity index (χ2n) is 9.75. The van der Waals surface area contributed by atoms with Crippen LogP contribution in [0.3, 0.4) is 0 Å². The van der Waals surface area contributed by atoms with Gasteiger partial charge in [-0.2, -0.15) is 0 Å². The van der Waals surface area contributed by atoms with E-state index in [1.807, 2.05) is 0 Å². The molecular formula is C22H49N5. The molecule has 0 N–H and O–H groups in total. The lowest BCUT2D eigenvalue weighted by Gasteiger charge is -2.43. The smallest absolute Gasteiger partial charge is 0.0525 e. The summed E-state index contributed by atoms with van der Waals surface area (Å²) in [5.74, 6) is 0. The molecule has 5 nitrogen and oxygen atoms in total. The van der Waals surface area contributed by atoms with Gasteiger partial charge in [0.1, 0.15) is 0 Å². The Morgan fingerprint density at radius 2 is 0.889 bits per heavy atom. The van der Waals surface area contributed by atoms with Crippen LogP contribution in [0, 0.1) is 0 Å². The van der Waals surface area contributed by atoms with Gasteiger partial charge in [0.15, 0.2) is 0 Å². The van der Waals surface area contributed by atoms with Crippen molar-refractivity contribution in [2.75, 3.05) is 46.2 Å². The van der Waals surface area contributed by atoms with Crippen LogP contribution in [-0.4, -0.2) is 101 Å². The van der Waals surface area contributed by atoms with Gasteiger partial charge in [0, 0.05) is 56.4 Å². The molecule has 1 fully saturated rings. The first-order chi connectivity index (χ1) is 12.5. The van der Waals surface area contributed by atoms with Crippen molar-refractivity contribution < 1.29 is 0 Å². The molecule has 1 saturated heterocycles. The third-order valence-electron chi connectivity index (χ3n) is 5.94. The van der Waals surface area contributed by atoms with E-state index in [9.17, 15) is 0 Å². The first kappa shape index (κ1) is 24.8. The monoisotopic (exact) mass is 383 g/mol. The lowest BCUT2D eigenvalue weighted by atomic mass is 10.2. The van der Waals surface area contributed by atoms with Crippen LogP contribution in [0.5, 0.6) is 0 Å². The van der Waals surface area contributed by atoms with Crippen molar-refractivity contribution in [2.24, 2.45) is 0 Å². The summed E-state index contributed by atoms with van der Waals surface area (Å²) in [6, 6.07) is 2.96. The zero-order valence-electron chi connectivity index (χ0n) is 20.1. The average molecular weight is 384 g/mol. The summed E-state index contributed by atoms with van der Waals surface area (Å²) in [6.45, 7) is 31.1. The van der Waals surface area contributed by atoms with Gasteiger partial charge in [0.05, 0.1) is 20.0 Å². The van der Waals surface area contributed by atoms with E-state index in [0.717, 1.165) is 20.0 Å². The fourth-order valence-corrected chi connectivity index (χ4v) is 3.99. The second-order valence-corrected chi connectivity index (χ2v) is 9.75. The van der Waals surface area contributed by atoms with Crippen molar-refractivity contribution in [3.05, 3.63) is 0 Å². The maximum Gasteiger partial charge on any atom is 0.0525 e. The summed E-state index contributed by atoms with van der Waals surface area (Å²) < 4.78 is 0. The number of piperazine rings is 1. The maximum absolute atomic E-state index is 2.64. The Morgan fingerprint density at radius 3 is 1.22 bits per heavy atom. The minimum atomic E-state index is 0.570. The van der Waals surface area contributed by atoms with E-state index in [2.05, 4.69) is 93.7 Å².